The maximum atomic E-state index is 13.1. The Bertz CT molecular complexity index is 593. The van der Waals surface area contributed by atoms with Gasteiger partial charge in [0.2, 0.25) is 0 Å². The largest absolute Gasteiger partial charge is 0.492 e. The summed E-state index contributed by atoms with van der Waals surface area (Å²) in [4.78, 5) is 0. The zero-order valence-corrected chi connectivity index (χ0v) is 13.6. The zero-order chi connectivity index (χ0) is 17.5. The van der Waals surface area contributed by atoms with E-state index < -0.39 is 36.7 Å². The van der Waals surface area contributed by atoms with Crippen molar-refractivity contribution in [2.45, 2.75) is 45.1 Å². The third-order valence-electron chi connectivity index (χ3n) is 4.35. The summed E-state index contributed by atoms with van der Waals surface area (Å²) >= 11 is 0. The summed E-state index contributed by atoms with van der Waals surface area (Å²) in [5, 5.41) is 9.57. The van der Waals surface area contributed by atoms with E-state index in [0.29, 0.717) is 0 Å². The van der Waals surface area contributed by atoms with Gasteiger partial charge in [-0.1, -0.05) is 24.3 Å². The van der Waals surface area contributed by atoms with Crippen LogP contribution >= 0.6 is 0 Å². The molecule has 0 saturated carbocycles. The van der Waals surface area contributed by atoms with Gasteiger partial charge in [0.05, 0.1) is 23.4 Å². The molecule has 0 aromatic heterocycles. The molecule has 2 rings (SSSR count). The van der Waals surface area contributed by atoms with Gasteiger partial charge < -0.3 is 14.4 Å². The highest BCUT2D eigenvalue weighted by Crippen LogP contribution is 2.39. The minimum Gasteiger partial charge on any atom is -0.400 e. The van der Waals surface area contributed by atoms with Crippen molar-refractivity contribution in [3.05, 3.63) is 40.9 Å². The van der Waals surface area contributed by atoms with Gasteiger partial charge in [0, 0.05) is 0 Å². The molecule has 0 aliphatic carbocycles. The lowest BCUT2D eigenvalue weighted by molar-refractivity contribution is -0.137. The molecule has 1 aromatic rings. The molecule has 0 amide bonds. The topological polar surface area (TPSA) is 38.7 Å². The molecule has 7 heteroatoms. The second-order valence-corrected chi connectivity index (χ2v) is 6.55. The molecule has 1 aromatic carbocycles. The van der Waals surface area contributed by atoms with E-state index >= 15 is 0 Å². The Labute approximate surface area is 134 Å². The second-order valence-electron chi connectivity index (χ2n) is 6.55. The van der Waals surface area contributed by atoms with Crippen molar-refractivity contribution in [3.63, 3.8) is 0 Å². The zero-order valence-electron chi connectivity index (χ0n) is 13.6. The van der Waals surface area contributed by atoms with Gasteiger partial charge in [0.15, 0.2) is 0 Å². The van der Waals surface area contributed by atoms with Crippen molar-refractivity contribution in [1.82, 2.24) is 0 Å². The van der Waals surface area contributed by atoms with Crippen LogP contribution in [0.25, 0.3) is 6.08 Å². The molecule has 126 valence electrons. The fourth-order valence-corrected chi connectivity index (χ4v) is 2.26. The maximum Gasteiger partial charge on any atom is 0.492 e. The average Bonchev–Trinajstić information content (AvgIpc) is 2.64. The highest BCUT2D eigenvalue weighted by molar-refractivity contribution is 6.55. The Morgan fingerprint density at radius 1 is 1.13 bits per heavy atom. The number of rotatable bonds is 3. The van der Waals surface area contributed by atoms with Gasteiger partial charge in [-0.2, -0.15) is 13.2 Å². The maximum absolute atomic E-state index is 13.1. The quantitative estimate of drug-likeness (QED) is 0.860. The van der Waals surface area contributed by atoms with Gasteiger partial charge in [-0.25, -0.2) is 0 Å². The Hall–Kier alpha value is -1.31. The van der Waals surface area contributed by atoms with Crippen LogP contribution in [-0.2, 0) is 15.5 Å². The number of benzene rings is 1. The number of aliphatic hydroxyl groups excluding tert-OH is 1. The van der Waals surface area contributed by atoms with Crippen LogP contribution in [0.1, 0.15) is 38.8 Å². The highest BCUT2D eigenvalue weighted by Gasteiger charge is 2.52. The Balaban J connectivity index is 2.39. The molecule has 0 atom stereocenters. The lowest BCUT2D eigenvalue weighted by Crippen LogP contribution is -2.41. The second kappa shape index (κ2) is 5.96. The Morgan fingerprint density at radius 2 is 1.65 bits per heavy atom. The summed E-state index contributed by atoms with van der Waals surface area (Å²) in [7, 11) is -0.883. The molecule has 0 radical (unpaired) electrons. The first-order valence-corrected chi connectivity index (χ1v) is 7.31. The van der Waals surface area contributed by atoms with Gasteiger partial charge in [-0.3, -0.25) is 0 Å². The highest BCUT2D eigenvalue weighted by atomic mass is 19.4. The van der Waals surface area contributed by atoms with Crippen LogP contribution in [0.5, 0.6) is 0 Å². The van der Waals surface area contributed by atoms with Crippen LogP contribution in [0.4, 0.5) is 13.2 Å². The SMILES string of the molecule is CC1(C)OB(C(=Cc2ccccc2C(F)(F)F)CO)OC1(C)C. The van der Waals surface area contributed by atoms with Crippen molar-refractivity contribution in [2.24, 2.45) is 0 Å². The first kappa shape index (κ1) is 18.0. The van der Waals surface area contributed by atoms with Crippen molar-refractivity contribution >= 4 is 13.2 Å². The molecule has 0 bridgehead atoms. The van der Waals surface area contributed by atoms with Gasteiger partial charge in [0.25, 0.3) is 0 Å². The lowest BCUT2D eigenvalue weighted by atomic mass is 9.77. The third kappa shape index (κ3) is 3.62. The number of alkyl halides is 3. The minimum absolute atomic E-state index is 0.0289. The number of halogens is 3. The number of hydrogen-bond donors (Lipinski definition) is 1. The fourth-order valence-electron chi connectivity index (χ4n) is 2.26. The number of hydrogen-bond acceptors (Lipinski definition) is 3. The summed E-state index contributed by atoms with van der Waals surface area (Å²) in [6.45, 7) is 6.90. The molecule has 1 saturated heterocycles. The lowest BCUT2D eigenvalue weighted by Gasteiger charge is -2.32. The third-order valence-corrected chi connectivity index (χ3v) is 4.35. The molecule has 3 nitrogen and oxygen atoms in total. The normalized spacial score (nSPS) is 20.9. The van der Waals surface area contributed by atoms with Gasteiger partial charge in [-0.05, 0) is 44.8 Å². The van der Waals surface area contributed by atoms with Crippen LogP contribution in [0.3, 0.4) is 0 Å². The summed E-state index contributed by atoms with van der Waals surface area (Å²) < 4.78 is 50.8. The summed E-state index contributed by atoms with van der Waals surface area (Å²) in [6, 6.07) is 5.20. The van der Waals surface area contributed by atoms with E-state index in [9.17, 15) is 18.3 Å². The predicted molar refractivity (Wildman–Crippen MR) is 82.6 cm³/mol. The molecule has 1 heterocycles. The monoisotopic (exact) mass is 328 g/mol. The minimum atomic E-state index is -4.47. The van der Waals surface area contributed by atoms with Crippen molar-refractivity contribution < 1.29 is 27.6 Å². The van der Waals surface area contributed by atoms with Crippen LogP contribution in [0.2, 0.25) is 0 Å². The van der Waals surface area contributed by atoms with Crippen LogP contribution in [-0.4, -0.2) is 30.0 Å². The molecular weight excluding hydrogens is 308 g/mol. The molecule has 1 fully saturated rings. The Morgan fingerprint density at radius 3 is 2.13 bits per heavy atom. The summed E-state index contributed by atoms with van der Waals surface area (Å²) in [5.41, 5.74) is -1.80. The number of aliphatic hydroxyl groups is 1. The first-order valence-electron chi connectivity index (χ1n) is 7.31. The summed E-state index contributed by atoms with van der Waals surface area (Å²) in [5.74, 6) is 0. The molecular formula is C16H20BF3O3. The fraction of sp³-hybridized carbons (Fsp3) is 0.500. The molecule has 1 N–H and O–H groups in total. The first-order chi connectivity index (χ1) is 10.5. The van der Waals surface area contributed by atoms with Crippen molar-refractivity contribution in [2.75, 3.05) is 6.61 Å². The van der Waals surface area contributed by atoms with Crippen molar-refractivity contribution in [1.29, 1.82) is 0 Å². The van der Waals surface area contributed by atoms with E-state index in [1.165, 1.54) is 24.3 Å². The standard InChI is InChI=1S/C16H20BF3O3/c1-14(2)15(3,4)23-17(22-14)12(10-21)9-11-7-5-6-8-13(11)16(18,19)20/h5-9,21H,10H2,1-4H3. The molecule has 1 aliphatic rings. The molecule has 0 spiro atoms. The molecule has 0 unspecified atom stereocenters. The smallest absolute Gasteiger partial charge is 0.400 e. The Kier molecular flexibility index (Phi) is 4.68. The van der Waals surface area contributed by atoms with Crippen LogP contribution < -0.4 is 0 Å². The van der Waals surface area contributed by atoms with E-state index in [2.05, 4.69) is 0 Å². The van der Waals surface area contributed by atoms with E-state index in [-0.39, 0.29) is 11.0 Å². The van der Waals surface area contributed by atoms with E-state index in [1.807, 2.05) is 27.7 Å². The summed E-state index contributed by atoms with van der Waals surface area (Å²) in [6.07, 6.45) is -3.19. The van der Waals surface area contributed by atoms with Gasteiger partial charge in [0.1, 0.15) is 0 Å². The van der Waals surface area contributed by atoms with Gasteiger partial charge in [-0.15, -0.1) is 0 Å². The van der Waals surface area contributed by atoms with Gasteiger partial charge >= 0.3 is 13.3 Å². The van der Waals surface area contributed by atoms with Crippen LogP contribution in [0.15, 0.2) is 29.7 Å². The molecule has 1 aliphatic heterocycles. The van der Waals surface area contributed by atoms with Crippen molar-refractivity contribution in [3.8, 4) is 0 Å². The predicted octanol–water partition coefficient (Wildman–Crippen LogP) is 3.71. The van der Waals surface area contributed by atoms with E-state index in [4.69, 9.17) is 9.31 Å². The molecule has 23 heavy (non-hydrogen) atoms. The van der Waals surface area contributed by atoms with E-state index in [1.54, 1.807) is 0 Å². The van der Waals surface area contributed by atoms with Crippen LogP contribution in [0, 0.1) is 0 Å². The van der Waals surface area contributed by atoms with E-state index in [0.717, 1.165) is 6.07 Å². The average molecular weight is 328 g/mol.